The summed E-state index contributed by atoms with van der Waals surface area (Å²) in [7, 11) is 1.18. The lowest BCUT2D eigenvalue weighted by atomic mass is 10.0. The van der Waals surface area contributed by atoms with E-state index in [1.165, 1.54) is 180 Å². The van der Waals surface area contributed by atoms with Crippen LogP contribution >= 0.6 is 7.82 Å². The van der Waals surface area contributed by atoms with E-state index in [0.29, 0.717) is 17.4 Å². The van der Waals surface area contributed by atoms with Crippen LogP contribution < -0.4 is 10.2 Å². The van der Waals surface area contributed by atoms with Gasteiger partial charge in [-0.1, -0.05) is 262 Å². The smallest absolute Gasteiger partial charge is 0.306 e. The van der Waals surface area contributed by atoms with Gasteiger partial charge in [-0.15, -0.1) is 0 Å². The maximum atomic E-state index is 13.5. The van der Waals surface area contributed by atoms with Crippen LogP contribution in [-0.2, 0) is 27.9 Å². The summed E-state index contributed by atoms with van der Waals surface area (Å²) in [5, 5.41) is 3.03. The summed E-state index contributed by atoms with van der Waals surface area (Å²) >= 11 is 0. The van der Waals surface area contributed by atoms with Crippen molar-refractivity contribution in [1.29, 1.82) is 0 Å². The molecule has 3 atom stereocenters. The van der Waals surface area contributed by atoms with Crippen LogP contribution in [0, 0.1) is 0 Å². The highest BCUT2D eigenvalue weighted by atomic mass is 31.2. The van der Waals surface area contributed by atoms with E-state index < -0.39 is 20.0 Å². The van der Waals surface area contributed by atoms with Crippen LogP contribution in [0.5, 0.6) is 0 Å². The number of rotatable bonds is 57. The molecule has 0 rings (SSSR count). The molecular weight excluding hydrogens is 940 g/mol. The topological polar surface area (TPSA) is 114 Å². The van der Waals surface area contributed by atoms with Crippen molar-refractivity contribution in [2.75, 3.05) is 40.9 Å². The number of nitrogens with zero attached hydrogens (tertiary/aromatic N) is 1. The van der Waals surface area contributed by atoms with Crippen molar-refractivity contribution in [1.82, 2.24) is 5.32 Å². The predicted octanol–water partition coefficient (Wildman–Crippen LogP) is 18.6. The van der Waals surface area contributed by atoms with Crippen molar-refractivity contribution in [3.8, 4) is 0 Å². The second kappa shape index (κ2) is 54.3. The maximum Gasteiger partial charge on any atom is 0.306 e. The molecule has 3 unspecified atom stereocenters. The molecule has 0 aromatic carbocycles. The standard InChI is InChI=1S/C64H121N2O7P/c1-7-10-13-16-19-22-25-28-30-32-33-35-37-39-42-45-48-51-54-57-64(68)73-62(55-52-49-46-43-40-27-24-21-18-15-12-9-3)61(60-72-74(69,70)71-59-58-66(4,5)6)65-63(67)56-53-50-47-44-41-38-36-34-31-29-26-23-20-17-14-11-8-2/h19,22,28,30,33,35,52,55,61-62H,7-18,20-21,23-27,29,31-32,34,36-51,53-54,56-60H2,1-6H3,(H-,65,67,69,70)/b22-19-,30-28-,35-33-,55-52+. The molecule has 0 aliphatic heterocycles. The van der Waals surface area contributed by atoms with Gasteiger partial charge in [0.15, 0.2) is 0 Å². The number of likely N-dealkylation sites (N-methyl/N-ethyl adjacent to an activating group) is 1. The molecule has 74 heavy (non-hydrogen) atoms. The molecule has 0 aromatic rings. The van der Waals surface area contributed by atoms with Gasteiger partial charge in [-0.2, -0.15) is 0 Å². The van der Waals surface area contributed by atoms with Crippen LogP contribution in [0.25, 0.3) is 0 Å². The lowest BCUT2D eigenvalue weighted by molar-refractivity contribution is -0.870. The fourth-order valence-electron chi connectivity index (χ4n) is 9.12. The molecule has 0 bridgehead atoms. The van der Waals surface area contributed by atoms with Gasteiger partial charge in [0.25, 0.3) is 7.82 Å². The lowest BCUT2D eigenvalue weighted by Crippen LogP contribution is -2.47. The summed E-state index contributed by atoms with van der Waals surface area (Å²) < 4.78 is 30.3. The zero-order valence-corrected chi connectivity index (χ0v) is 50.4. The number of amides is 1. The largest absolute Gasteiger partial charge is 0.756 e. The first kappa shape index (κ1) is 72.0. The minimum atomic E-state index is -4.70. The number of allylic oxidation sites excluding steroid dienone is 7. The highest BCUT2D eigenvalue weighted by Gasteiger charge is 2.27. The van der Waals surface area contributed by atoms with Crippen molar-refractivity contribution in [2.45, 2.75) is 309 Å². The molecule has 0 aliphatic rings. The second-order valence-electron chi connectivity index (χ2n) is 22.6. The minimum absolute atomic E-state index is 0.0234. The summed E-state index contributed by atoms with van der Waals surface area (Å²) in [4.78, 5) is 40.0. The Morgan fingerprint density at radius 2 is 0.824 bits per heavy atom. The number of phosphoric ester groups is 1. The van der Waals surface area contributed by atoms with Crippen molar-refractivity contribution in [2.24, 2.45) is 0 Å². The summed E-state index contributed by atoms with van der Waals surface area (Å²) in [6.07, 6.45) is 66.4. The third-order valence-electron chi connectivity index (χ3n) is 14.0. The van der Waals surface area contributed by atoms with Crippen LogP contribution in [0.2, 0.25) is 0 Å². The molecule has 1 N–H and O–H groups in total. The Bertz CT molecular complexity index is 1410. The van der Waals surface area contributed by atoms with Gasteiger partial charge in [0.1, 0.15) is 19.3 Å². The highest BCUT2D eigenvalue weighted by Crippen LogP contribution is 2.38. The average molecular weight is 1060 g/mol. The number of esters is 1. The van der Waals surface area contributed by atoms with E-state index in [4.69, 9.17) is 13.8 Å². The molecule has 0 saturated heterocycles. The van der Waals surface area contributed by atoms with E-state index in [-0.39, 0.29) is 31.5 Å². The Labute approximate surface area is 458 Å². The molecule has 10 heteroatoms. The van der Waals surface area contributed by atoms with Gasteiger partial charge in [0.2, 0.25) is 5.91 Å². The fourth-order valence-corrected chi connectivity index (χ4v) is 9.84. The van der Waals surface area contributed by atoms with E-state index in [1.54, 1.807) is 0 Å². The number of carbonyl (C=O) groups excluding carboxylic acids is 2. The first-order chi connectivity index (χ1) is 35.9. The van der Waals surface area contributed by atoms with Crippen molar-refractivity contribution < 1.29 is 37.3 Å². The fraction of sp³-hybridized carbons (Fsp3) is 0.844. The number of hydrogen-bond donors (Lipinski definition) is 1. The molecule has 0 saturated carbocycles. The Morgan fingerprint density at radius 3 is 1.26 bits per heavy atom. The Balaban J connectivity index is 5.26. The number of carbonyl (C=O) groups is 2. The molecule has 0 spiro atoms. The van der Waals surface area contributed by atoms with Crippen molar-refractivity contribution in [3.63, 3.8) is 0 Å². The van der Waals surface area contributed by atoms with Gasteiger partial charge < -0.3 is 28.5 Å². The SMILES string of the molecule is CCCCC/C=C\C/C=C\C/C=C\CCCCCCCCC(=O)OC(/C=C/CCCCCCCCCCCC)C(COP(=O)([O-])OCC[N+](C)(C)C)NC(=O)CCCCCCCCCCCCCCCCCCC. The first-order valence-corrected chi connectivity index (χ1v) is 32.9. The molecule has 0 aliphatic carbocycles. The third kappa shape index (κ3) is 54.7. The number of phosphoric acid groups is 1. The molecule has 0 heterocycles. The molecular formula is C64H121N2O7P. The Hall–Kier alpha value is -2.03. The molecule has 9 nitrogen and oxygen atoms in total. The van der Waals surface area contributed by atoms with Crippen LogP contribution in [0.15, 0.2) is 48.6 Å². The maximum absolute atomic E-state index is 13.5. The monoisotopic (exact) mass is 1060 g/mol. The minimum Gasteiger partial charge on any atom is -0.756 e. The summed E-state index contributed by atoms with van der Waals surface area (Å²) in [6, 6.07) is -0.891. The van der Waals surface area contributed by atoms with Crippen LogP contribution in [0.4, 0.5) is 0 Å². The van der Waals surface area contributed by atoms with Gasteiger partial charge in [-0.25, -0.2) is 0 Å². The lowest BCUT2D eigenvalue weighted by Gasteiger charge is -2.30. The van der Waals surface area contributed by atoms with E-state index in [1.807, 2.05) is 33.3 Å². The molecule has 1 amide bonds. The van der Waals surface area contributed by atoms with Gasteiger partial charge in [-0.05, 0) is 70.3 Å². The number of unbranched alkanes of at least 4 members (excludes halogenated alkanes) is 35. The Kier molecular flexibility index (Phi) is 52.8. The molecule has 0 aromatic heterocycles. The first-order valence-electron chi connectivity index (χ1n) is 31.4. The predicted molar refractivity (Wildman–Crippen MR) is 316 cm³/mol. The van der Waals surface area contributed by atoms with Gasteiger partial charge in [-0.3, -0.25) is 14.2 Å². The normalized spacial score (nSPS) is 14.0. The number of ether oxygens (including phenoxy) is 1. The zero-order valence-electron chi connectivity index (χ0n) is 49.6. The van der Waals surface area contributed by atoms with Gasteiger partial charge >= 0.3 is 5.97 Å². The van der Waals surface area contributed by atoms with Crippen molar-refractivity contribution >= 4 is 19.7 Å². The van der Waals surface area contributed by atoms with E-state index >= 15 is 0 Å². The van der Waals surface area contributed by atoms with Crippen LogP contribution in [-0.4, -0.2) is 69.4 Å². The quantitative estimate of drug-likeness (QED) is 0.0212. The highest BCUT2D eigenvalue weighted by molar-refractivity contribution is 7.45. The summed E-state index contributed by atoms with van der Waals surface area (Å²) in [6.45, 7) is 6.83. The zero-order chi connectivity index (χ0) is 54.3. The van der Waals surface area contributed by atoms with Gasteiger partial charge in [0.05, 0.1) is 33.8 Å². The van der Waals surface area contributed by atoms with Crippen LogP contribution in [0.1, 0.15) is 297 Å². The second-order valence-corrected chi connectivity index (χ2v) is 24.0. The number of hydrogen-bond acceptors (Lipinski definition) is 7. The summed E-state index contributed by atoms with van der Waals surface area (Å²) in [5.74, 6) is -0.545. The Morgan fingerprint density at radius 1 is 0.473 bits per heavy atom. The van der Waals surface area contributed by atoms with E-state index in [0.717, 1.165) is 83.5 Å². The summed E-state index contributed by atoms with van der Waals surface area (Å²) in [5.41, 5.74) is 0. The van der Waals surface area contributed by atoms with E-state index in [2.05, 4.69) is 62.5 Å². The van der Waals surface area contributed by atoms with Crippen LogP contribution in [0.3, 0.4) is 0 Å². The average Bonchev–Trinajstić information content (AvgIpc) is 3.36. The molecule has 0 fully saturated rings. The third-order valence-corrected chi connectivity index (χ3v) is 15.0. The van der Waals surface area contributed by atoms with Gasteiger partial charge in [0, 0.05) is 12.8 Å². The molecule has 0 radical (unpaired) electrons. The number of nitrogens with one attached hydrogen (secondary N) is 1. The van der Waals surface area contributed by atoms with E-state index in [9.17, 15) is 19.0 Å². The van der Waals surface area contributed by atoms with Crippen molar-refractivity contribution in [3.05, 3.63) is 48.6 Å². The molecule has 434 valence electrons. The number of quaternary nitrogens is 1.